The van der Waals surface area contributed by atoms with Gasteiger partial charge in [-0.25, -0.2) is 8.42 Å². The molecule has 0 aromatic heterocycles. The van der Waals surface area contributed by atoms with Gasteiger partial charge in [0, 0.05) is 26.2 Å². The zero-order valence-electron chi connectivity index (χ0n) is 15.0. The Labute approximate surface area is 154 Å². The molecular formula is C19H23N3O3S. The van der Waals surface area contributed by atoms with Crippen molar-refractivity contribution in [1.29, 1.82) is 0 Å². The number of para-hydroxylation sites is 1. The van der Waals surface area contributed by atoms with E-state index in [4.69, 9.17) is 0 Å². The van der Waals surface area contributed by atoms with Crippen LogP contribution in [-0.2, 0) is 10.0 Å². The minimum Gasteiger partial charge on any atom is -0.336 e. The highest BCUT2D eigenvalue weighted by Gasteiger charge is 2.24. The Bertz CT molecular complexity index is 887. The molecule has 1 N–H and O–H groups in total. The summed E-state index contributed by atoms with van der Waals surface area (Å²) < 4.78 is 27.9. The molecule has 3 rings (SSSR count). The fourth-order valence-corrected chi connectivity index (χ4v) is 3.94. The van der Waals surface area contributed by atoms with Crippen LogP contribution in [-0.4, -0.2) is 57.4 Å². The summed E-state index contributed by atoms with van der Waals surface area (Å²) in [7, 11) is -1.74. The number of rotatable bonds is 4. The third kappa shape index (κ3) is 4.05. The van der Waals surface area contributed by atoms with E-state index >= 15 is 0 Å². The van der Waals surface area contributed by atoms with Crippen LogP contribution in [0.3, 0.4) is 0 Å². The molecule has 138 valence electrons. The van der Waals surface area contributed by atoms with Gasteiger partial charge in [0.2, 0.25) is 0 Å². The molecule has 1 aliphatic heterocycles. The maximum atomic E-state index is 12.9. The molecule has 1 saturated heterocycles. The average Bonchev–Trinajstić information content (AvgIpc) is 2.62. The third-order valence-electron chi connectivity index (χ3n) is 4.52. The first-order valence-electron chi connectivity index (χ1n) is 8.53. The maximum Gasteiger partial charge on any atom is 0.261 e. The third-order valence-corrected chi connectivity index (χ3v) is 5.90. The minimum absolute atomic E-state index is 0.152. The number of piperazine rings is 1. The van der Waals surface area contributed by atoms with Crippen molar-refractivity contribution in [3.8, 4) is 0 Å². The molecule has 0 atom stereocenters. The van der Waals surface area contributed by atoms with E-state index in [9.17, 15) is 13.2 Å². The first-order valence-corrected chi connectivity index (χ1v) is 10.0. The number of nitrogens with zero attached hydrogens (tertiary/aromatic N) is 2. The molecule has 0 saturated carbocycles. The van der Waals surface area contributed by atoms with Crippen molar-refractivity contribution in [3.05, 3.63) is 59.7 Å². The first kappa shape index (κ1) is 18.4. The highest BCUT2D eigenvalue weighted by molar-refractivity contribution is 7.92. The summed E-state index contributed by atoms with van der Waals surface area (Å²) in [6.07, 6.45) is 0. The molecule has 0 spiro atoms. The molecule has 7 heteroatoms. The lowest BCUT2D eigenvalue weighted by atomic mass is 10.1. The summed E-state index contributed by atoms with van der Waals surface area (Å²) in [6.45, 7) is 4.78. The largest absolute Gasteiger partial charge is 0.336 e. The van der Waals surface area contributed by atoms with Crippen molar-refractivity contribution in [1.82, 2.24) is 9.80 Å². The molecule has 1 amide bonds. The molecule has 0 radical (unpaired) electrons. The van der Waals surface area contributed by atoms with Gasteiger partial charge in [-0.15, -0.1) is 0 Å². The molecule has 2 aromatic carbocycles. The number of likely N-dealkylation sites (N-methyl/N-ethyl adjacent to an activating group) is 1. The van der Waals surface area contributed by atoms with Crippen LogP contribution in [0.1, 0.15) is 15.9 Å². The topological polar surface area (TPSA) is 69.7 Å². The van der Waals surface area contributed by atoms with Gasteiger partial charge in [0.15, 0.2) is 0 Å². The second kappa shape index (κ2) is 7.47. The Morgan fingerprint density at radius 1 is 0.962 bits per heavy atom. The number of nitrogens with one attached hydrogen (secondary N) is 1. The van der Waals surface area contributed by atoms with Gasteiger partial charge in [0.05, 0.1) is 16.1 Å². The van der Waals surface area contributed by atoms with E-state index in [1.807, 2.05) is 14.0 Å². The minimum atomic E-state index is -3.75. The number of hydrogen-bond acceptors (Lipinski definition) is 4. The van der Waals surface area contributed by atoms with Gasteiger partial charge < -0.3 is 9.80 Å². The van der Waals surface area contributed by atoms with Gasteiger partial charge >= 0.3 is 0 Å². The number of hydrogen-bond donors (Lipinski definition) is 1. The number of sulfonamides is 1. The van der Waals surface area contributed by atoms with Crippen LogP contribution in [0.25, 0.3) is 0 Å². The highest BCUT2D eigenvalue weighted by atomic mass is 32.2. The molecule has 6 nitrogen and oxygen atoms in total. The highest BCUT2D eigenvalue weighted by Crippen LogP contribution is 2.22. The second-order valence-corrected chi connectivity index (χ2v) is 8.24. The smallest absolute Gasteiger partial charge is 0.261 e. The molecule has 0 bridgehead atoms. The Morgan fingerprint density at radius 3 is 2.23 bits per heavy atom. The maximum absolute atomic E-state index is 12.9. The summed E-state index contributed by atoms with van der Waals surface area (Å²) in [5.74, 6) is -0.152. The zero-order chi connectivity index (χ0) is 18.7. The van der Waals surface area contributed by atoms with Crippen LogP contribution in [0.5, 0.6) is 0 Å². The molecule has 26 heavy (non-hydrogen) atoms. The quantitative estimate of drug-likeness (QED) is 0.892. The van der Waals surface area contributed by atoms with Gasteiger partial charge in [-0.1, -0.05) is 29.8 Å². The number of carbonyl (C=O) groups is 1. The van der Waals surface area contributed by atoms with Gasteiger partial charge in [-0.3, -0.25) is 9.52 Å². The second-order valence-electron chi connectivity index (χ2n) is 6.56. The normalized spacial score (nSPS) is 15.7. The average molecular weight is 373 g/mol. The molecule has 1 fully saturated rings. The molecule has 1 aliphatic rings. The SMILES string of the molecule is Cc1ccc(S(=O)(=O)Nc2ccccc2C(=O)N2CCN(C)CC2)cc1. The van der Waals surface area contributed by atoms with E-state index in [1.54, 1.807) is 53.4 Å². The van der Waals surface area contributed by atoms with E-state index in [2.05, 4.69) is 9.62 Å². The van der Waals surface area contributed by atoms with Crippen LogP contribution in [0, 0.1) is 6.92 Å². The molecule has 0 aliphatic carbocycles. The number of anilines is 1. The molecule has 2 aromatic rings. The lowest BCUT2D eigenvalue weighted by Crippen LogP contribution is -2.47. The van der Waals surface area contributed by atoms with Crippen molar-refractivity contribution in [2.45, 2.75) is 11.8 Å². The van der Waals surface area contributed by atoms with Crippen LogP contribution in [0.4, 0.5) is 5.69 Å². The van der Waals surface area contributed by atoms with Gasteiger partial charge in [0.1, 0.15) is 0 Å². The van der Waals surface area contributed by atoms with Gasteiger partial charge in [-0.05, 0) is 38.2 Å². The Balaban J connectivity index is 1.85. The van der Waals surface area contributed by atoms with E-state index in [0.717, 1.165) is 18.7 Å². The standard InChI is InChI=1S/C19H23N3O3S/c1-15-7-9-16(10-8-15)26(24,25)20-18-6-4-3-5-17(18)19(23)22-13-11-21(2)12-14-22/h3-10,20H,11-14H2,1-2H3. The predicted octanol–water partition coefficient (Wildman–Crippen LogP) is 2.18. The Morgan fingerprint density at radius 2 is 1.58 bits per heavy atom. The Hall–Kier alpha value is -2.38. The molecule has 1 heterocycles. The number of benzene rings is 2. The monoisotopic (exact) mass is 373 g/mol. The number of aryl methyl sites for hydroxylation is 1. The van der Waals surface area contributed by atoms with E-state index in [1.165, 1.54) is 0 Å². The zero-order valence-corrected chi connectivity index (χ0v) is 15.8. The molecular weight excluding hydrogens is 350 g/mol. The summed E-state index contributed by atoms with van der Waals surface area (Å²) in [5, 5.41) is 0. The lowest BCUT2D eigenvalue weighted by Gasteiger charge is -2.32. The summed E-state index contributed by atoms with van der Waals surface area (Å²) in [4.78, 5) is 17.0. The van der Waals surface area contributed by atoms with Crippen molar-refractivity contribution >= 4 is 21.6 Å². The first-order chi connectivity index (χ1) is 12.4. The van der Waals surface area contributed by atoms with Gasteiger partial charge in [0.25, 0.3) is 15.9 Å². The fraction of sp³-hybridized carbons (Fsp3) is 0.316. The summed E-state index contributed by atoms with van der Waals surface area (Å²) >= 11 is 0. The van der Waals surface area contributed by atoms with Crippen molar-refractivity contribution in [2.24, 2.45) is 0 Å². The van der Waals surface area contributed by atoms with Crippen LogP contribution < -0.4 is 4.72 Å². The predicted molar refractivity (Wildman–Crippen MR) is 102 cm³/mol. The number of carbonyl (C=O) groups excluding carboxylic acids is 1. The summed E-state index contributed by atoms with van der Waals surface area (Å²) in [5.41, 5.74) is 1.65. The van der Waals surface area contributed by atoms with Crippen molar-refractivity contribution < 1.29 is 13.2 Å². The van der Waals surface area contributed by atoms with Crippen molar-refractivity contribution in [2.75, 3.05) is 37.9 Å². The van der Waals surface area contributed by atoms with E-state index in [-0.39, 0.29) is 10.8 Å². The van der Waals surface area contributed by atoms with Gasteiger partial charge in [-0.2, -0.15) is 0 Å². The van der Waals surface area contributed by atoms with Crippen molar-refractivity contribution in [3.63, 3.8) is 0 Å². The van der Waals surface area contributed by atoms with Crippen LogP contribution >= 0.6 is 0 Å². The lowest BCUT2D eigenvalue weighted by molar-refractivity contribution is 0.0665. The van der Waals surface area contributed by atoms with E-state index in [0.29, 0.717) is 24.3 Å². The fourth-order valence-electron chi connectivity index (χ4n) is 2.86. The Kier molecular flexibility index (Phi) is 5.29. The summed E-state index contributed by atoms with van der Waals surface area (Å²) in [6, 6.07) is 13.3. The van der Waals surface area contributed by atoms with Crippen LogP contribution in [0.2, 0.25) is 0 Å². The van der Waals surface area contributed by atoms with Crippen LogP contribution in [0.15, 0.2) is 53.4 Å². The van der Waals surface area contributed by atoms with E-state index < -0.39 is 10.0 Å². The number of amides is 1. The molecule has 0 unspecified atom stereocenters.